The van der Waals surface area contributed by atoms with E-state index in [1.165, 1.54) is 44.9 Å². The Bertz CT molecular complexity index is 489. The molecule has 1 heterocycles. The van der Waals surface area contributed by atoms with Crippen LogP contribution in [-0.2, 0) is 11.2 Å². The molecule has 1 aliphatic heterocycles. The number of likely N-dealkylation sites (tertiary alicyclic amines) is 1. The van der Waals surface area contributed by atoms with Crippen molar-refractivity contribution in [3.63, 3.8) is 0 Å². The summed E-state index contributed by atoms with van der Waals surface area (Å²) in [5.41, 5.74) is 7.84. The highest BCUT2D eigenvalue weighted by atomic mass is 35.5. The Morgan fingerprint density at radius 3 is 2.26 bits per heavy atom. The van der Waals surface area contributed by atoms with Crippen molar-refractivity contribution in [2.75, 3.05) is 13.1 Å². The van der Waals surface area contributed by atoms with Crippen molar-refractivity contribution in [3.8, 4) is 0 Å². The molecule has 0 bridgehead atoms. The van der Waals surface area contributed by atoms with Crippen molar-refractivity contribution in [2.45, 2.75) is 57.4 Å². The number of carbonyl (C=O) groups excluding carboxylic acids is 1. The normalized spacial score (nSPS) is 21.5. The molecular formula is C19H29ClN2O. The lowest BCUT2D eigenvalue weighted by atomic mass is 9.68. The monoisotopic (exact) mass is 336 g/mol. The SMILES string of the molecule is Cl.N[C@@H](Cc1ccccc1)C(=O)N1CCC2(CCCCC2)CC1. The highest BCUT2D eigenvalue weighted by molar-refractivity contribution is 5.85. The van der Waals surface area contributed by atoms with Gasteiger partial charge in [-0.15, -0.1) is 12.4 Å². The number of nitrogens with two attached hydrogens (primary N) is 1. The van der Waals surface area contributed by atoms with Crippen LogP contribution in [0.25, 0.3) is 0 Å². The molecule has 4 heteroatoms. The van der Waals surface area contributed by atoms with Gasteiger partial charge in [-0.25, -0.2) is 0 Å². The van der Waals surface area contributed by atoms with Crippen LogP contribution in [0.4, 0.5) is 0 Å². The predicted molar refractivity (Wildman–Crippen MR) is 96.7 cm³/mol. The highest BCUT2D eigenvalue weighted by Crippen LogP contribution is 2.44. The first-order chi connectivity index (χ1) is 10.7. The topological polar surface area (TPSA) is 46.3 Å². The van der Waals surface area contributed by atoms with Crippen molar-refractivity contribution < 1.29 is 4.79 Å². The van der Waals surface area contributed by atoms with E-state index in [0.29, 0.717) is 11.8 Å². The summed E-state index contributed by atoms with van der Waals surface area (Å²) in [6.45, 7) is 1.81. The van der Waals surface area contributed by atoms with Crippen molar-refractivity contribution >= 4 is 18.3 Å². The minimum Gasteiger partial charge on any atom is -0.341 e. The summed E-state index contributed by atoms with van der Waals surface area (Å²) >= 11 is 0. The van der Waals surface area contributed by atoms with E-state index in [0.717, 1.165) is 18.7 Å². The summed E-state index contributed by atoms with van der Waals surface area (Å²) in [6, 6.07) is 9.68. The summed E-state index contributed by atoms with van der Waals surface area (Å²) in [5.74, 6) is 0.134. The molecule has 0 unspecified atom stereocenters. The van der Waals surface area contributed by atoms with Crippen LogP contribution < -0.4 is 5.73 Å². The molecule has 1 amide bonds. The maximum absolute atomic E-state index is 12.6. The summed E-state index contributed by atoms with van der Waals surface area (Å²) in [6.07, 6.45) is 9.88. The molecule has 0 radical (unpaired) electrons. The van der Waals surface area contributed by atoms with Gasteiger partial charge in [-0.1, -0.05) is 49.6 Å². The van der Waals surface area contributed by atoms with E-state index in [-0.39, 0.29) is 18.3 Å². The minimum absolute atomic E-state index is 0. The Balaban J connectivity index is 0.00000192. The van der Waals surface area contributed by atoms with E-state index in [2.05, 4.69) is 0 Å². The first-order valence-electron chi connectivity index (χ1n) is 8.77. The third-order valence-electron chi connectivity index (χ3n) is 5.67. The van der Waals surface area contributed by atoms with Crippen molar-refractivity contribution in [1.82, 2.24) is 4.90 Å². The van der Waals surface area contributed by atoms with Crippen LogP contribution in [0.3, 0.4) is 0 Å². The molecule has 1 saturated carbocycles. The molecule has 0 aromatic heterocycles. The van der Waals surface area contributed by atoms with Gasteiger partial charge in [0.2, 0.25) is 5.91 Å². The van der Waals surface area contributed by atoms with E-state index in [9.17, 15) is 4.79 Å². The molecule has 1 aromatic rings. The summed E-state index contributed by atoms with van der Waals surface area (Å²) in [4.78, 5) is 14.6. The zero-order valence-electron chi connectivity index (χ0n) is 13.9. The molecule has 23 heavy (non-hydrogen) atoms. The molecule has 1 spiro atoms. The summed E-state index contributed by atoms with van der Waals surface area (Å²) in [7, 11) is 0. The van der Waals surface area contributed by atoms with Crippen LogP contribution in [0.2, 0.25) is 0 Å². The highest BCUT2D eigenvalue weighted by Gasteiger charge is 2.37. The standard InChI is InChI=1S/C19H28N2O.ClH/c20-17(15-16-7-3-1-4-8-16)18(22)21-13-11-19(12-14-21)9-5-2-6-10-19;/h1,3-4,7-8,17H,2,5-6,9-15,20H2;1H/t17-;/m0./s1. The van der Waals surface area contributed by atoms with Crippen molar-refractivity contribution in [3.05, 3.63) is 35.9 Å². The number of hydrogen-bond donors (Lipinski definition) is 1. The van der Waals surface area contributed by atoms with Crippen LogP contribution in [0, 0.1) is 5.41 Å². The van der Waals surface area contributed by atoms with Crippen LogP contribution in [0.5, 0.6) is 0 Å². The van der Waals surface area contributed by atoms with Crippen molar-refractivity contribution in [1.29, 1.82) is 0 Å². The molecule has 1 saturated heterocycles. The first-order valence-corrected chi connectivity index (χ1v) is 8.77. The van der Waals surface area contributed by atoms with Gasteiger partial charge in [-0.2, -0.15) is 0 Å². The van der Waals surface area contributed by atoms with Gasteiger partial charge in [0.1, 0.15) is 0 Å². The molecule has 3 nitrogen and oxygen atoms in total. The second-order valence-electron chi connectivity index (χ2n) is 7.18. The number of piperidine rings is 1. The zero-order chi connectivity index (χ0) is 15.4. The van der Waals surface area contributed by atoms with E-state index in [1.807, 2.05) is 35.2 Å². The van der Waals surface area contributed by atoms with E-state index < -0.39 is 6.04 Å². The molecule has 1 atom stereocenters. The maximum Gasteiger partial charge on any atom is 0.239 e. The van der Waals surface area contributed by atoms with Crippen LogP contribution >= 0.6 is 12.4 Å². The molecule has 2 fully saturated rings. The summed E-state index contributed by atoms with van der Waals surface area (Å²) < 4.78 is 0. The van der Waals surface area contributed by atoms with Crippen LogP contribution in [-0.4, -0.2) is 29.9 Å². The molecule has 3 rings (SSSR count). The van der Waals surface area contributed by atoms with Crippen LogP contribution in [0.1, 0.15) is 50.5 Å². The number of rotatable bonds is 3. The van der Waals surface area contributed by atoms with Gasteiger partial charge in [-0.3, -0.25) is 4.79 Å². The fourth-order valence-electron chi connectivity index (χ4n) is 4.19. The zero-order valence-corrected chi connectivity index (χ0v) is 14.7. The Morgan fingerprint density at radius 2 is 1.65 bits per heavy atom. The van der Waals surface area contributed by atoms with E-state index >= 15 is 0 Å². The van der Waals surface area contributed by atoms with Gasteiger partial charge in [-0.05, 0) is 43.1 Å². The number of benzene rings is 1. The second-order valence-corrected chi connectivity index (χ2v) is 7.18. The Hall–Kier alpha value is -1.06. The summed E-state index contributed by atoms with van der Waals surface area (Å²) in [5, 5.41) is 0. The van der Waals surface area contributed by atoms with Gasteiger partial charge in [0.05, 0.1) is 6.04 Å². The van der Waals surface area contributed by atoms with Gasteiger partial charge < -0.3 is 10.6 Å². The molecular weight excluding hydrogens is 308 g/mol. The smallest absolute Gasteiger partial charge is 0.239 e. The number of nitrogens with zero attached hydrogens (tertiary/aromatic N) is 1. The number of amides is 1. The van der Waals surface area contributed by atoms with Crippen molar-refractivity contribution in [2.24, 2.45) is 11.1 Å². The van der Waals surface area contributed by atoms with E-state index in [1.54, 1.807) is 0 Å². The Labute approximate surface area is 146 Å². The fourth-order valence-corrected chi connectivity index (χ4v) is 4.19. The average Bonchev–Trinajstić information content (AvgIpc) is 2.56. The first kappa shape index (κ1) is 18.3. The molecule has 128 valence electrons. The Kier molecular flexibility index (Phi) is 6.49. The quantitative estimate of drug-likeness (QED) is 0.917. The number of halogens is 1. The Morgan fingerprint density at radius 1 is 1.04 bits per heavy atom. The largest absolute Gasteiger partial charge is 0.341 e. The molecule has 1 aromatic carbocycles. The molecule has 2 aliphatic rings. The number of carbonyl (C=O) groups is 1. The lowest BCUT2D eigenvalue weighted by molar-refractivity contribution is -0.135. The minimum atomic E-state index is -0.400. The lowest BCUT2D eigenvalue weighted by Gasteiger charge is -2.44. The molecule has 2 N–H and O–H groups in total. The van der Waals surface area contributed by atoms with E-state index in [4.69, 9.17) is 5.73 Å². The predicted octanol–water partition coefficient (Wildman–Crippen LogP) is 3.55. The van der Waals surface area contributed by atoms with Gasteiger partial charge in [0, 0.05) is 13.1 Å². The fraction of sp³-hybridized carbons (Fsp3) is 0.632. The molecule has 1 aliphatic carbocycles. The third kappa shape index (κ3) is 4.48. The number of hydrogen-bond acceptors (Lipinski definition) is 2. The van der Waals surface area contributed by atoms with Gasteiger partial charge in [0.25, 0.3) is 0 Å². The van der Waals surface area contributed by atoms with Crippen LogP contribution in [0.15, 0.2) is 30.3 Å². The average molecular weight is 337 g/mol. The maximum atomic E-state index is 12.6. The van der Waals surface area contributed by atoms with Gasteiger partial charge >= 0.3 is 0 Å². The lowest BCUT2D eigenvalue weighted by Crippen LogP contribution is -2.50. The second kappa shape index (κ2) is 8.16. The van der Waals surface area contributed by atoms with Gasteiger partial charge in [0.15, 0.2) is 0 Å². The third-order valence-corrected chi connectivity index (χ3v) is 5.67.